The van der Waals surface area contributed by atoms with E-state index in [-0.39, 0.29) is 23.7 Å². The van der Waals surface area contributed by atoms with Crippen LogP contribution in [0, 0.1) is 10.1 Å². The fourth-order valence-corrected chi connectivity index (χ4v) is 3.14. The molecule has 0 N–H and O–H groups in total. The lowest BCUT2D eigenvalue weighted by Crippen LogP contribution is -2.22. The van der Waals surface area contributed by atoms with Gasteiger partial charge in [-0.15, -0.1) is 0 Å². The average Bonchev–Trinajstić information content (AvgIpc) is 2.84. The molecule has 4 rings (SSSR count). The summed E-state index contributed by atoms with van der Waals surface area (Å²) in [6.07, 6.45) is 1.37. The Balaban J connectivity index is 1.68. The molecule has 1 heterocycles. The number of hydrogen-bond acceptors (Lipinski definition) is 7. The van der Waals surface area contributed by atoms with E-state index < -0.39 is 4.92 Å². The Morgan fingerprint density at radius 2 is 1.85 bits per heavy atom. The van der Waals surface area contributed by atoms with Crippen molar-refractivity contribution < 1.29 is 9.76 Å². The molecule has 33 heavy (non-hydrogen) atoms. The van der Waals surface area contributed by atoms with Crippen molar-refractivity contribution in [2.45, 2.75) is 13.5 Å². The van der Waals surface area contributed by atoms with E-state index in [0.29, 0.717) is 22.2 Å². The third-order valence-electron chi connectivity index (χ3n) is 4.81. The maximum atomic E-state index is 13.1. The number of oxime groups is 1. The molecular weight excluding hydrogens is 422 g/mol. The van der Waals surface area contributed by atoms with Crippen LogP contribution in [0.25, 0.3) is 10.9 Å². The molecule has 9 heteroatoms. The Bertz CT molecular complexity index is 1430. The lowest BCUT2D eigenvalue weighted by atomic mass is 10.1. The predicted molar refractivity (Wildman–Crippen MR) is 126 cm³/mol. The van der Waals surface area contributed by atoms with Gasteiger partial charge < -0.3 is 4.84 Å². The topological polar surface area (TPSA) is 112 Å². The van der Waals surface area contributed by atoms with Gasteiger partial charge in [0, 0.05) is 17.7 Å². The van der Waals surface area contributed by atoms with Crippen molar-refractivity contribution in [3.63, 3.8) is 0 Å². The molecule has 4 aromatic rings. The number of non-ortho nitro benzene ring substituents is 1. The maximum Gasteiger partial charge on any atom is 0.282 e. The van der Waals surface area contributed by atoms with Crippen LogP contribution < -0.4 is 5.56 Å². The minimum atomic E-state index is -0.493. The van der Waals surface area contributed by atoms with Crippen molar-refractivity contribution in [3.8, 4) is 0 Å². The number of nitro benzene ring substituents is 1. The fourth-order valence-electron chi connectivity index (χ4n) is 3.14. The second kappa shape index (κ2) is 9.65. The number of nitro groups is 1. The first-order chi connectivity index (χ1) is 16.0. The van der Waals surface area contributed by atoms with Crippen LogP contribution in [0.3, 0.4) is 0 Å². The van der Waals surface area contributed by atoms with Crippen LogP contribution in [-0.2, 0) is 11.4 Å². The van der Waals surface area contributed by atoms with Gasteiger partial charge in [-0.25, -0.2) is 4.98 Å². The number of rotatable bonds is 7. The summed E-state index contributed by atoms with van der Waals surface area (Å²) in [6.45, 7) is 1.72. The molecule has 3 aromatic carbocycles. The molecule has 0 unspecified atom stereocenters. The summed E-state index contributed by atoms with van der Waals surface area (Å²) in [5.74, 6) is 0.241. The van der Waals surface area contributed by atoms with Crippen molar-refractivity contribution in [2.75, 3.05) is 0 Å². The zero-order valence-electron chi connectivity index (χ0n) is 17.7. The van der Waals surface area contributed by atoms with Crippen LogP contribution >= 0.6 is 0 Å². The van der Waals surface area contributed by atoms with Gasteiger partial charge in [0.15, 0.2) is 12.4 Å². The van der Waals surface area contributed by atoms with E-state index in [0.717, 1.165) is 10.2 Å². The van der Waals surface area contributed by atoms with Gasteiger partial charge in [-0.05, 0) is 24.6 Å². The molecule has 0 aliphatic carbocycles. The second-order valence-corrected chi connectivity index (χ2v) is 7.07. The predicted octanol–water partition coefficient (Wildman–Crippen LogP) is 4.13. The minimum absolute atomic E-state index is 0.0720. The summed E-state index contributed by atoms with van der Waals surface area (Å²) < 4.78 is 1.12. The van der Waals surface area contributed by atoms with E-state index in [1.807, 2.05) is 37.3 Å². The first-order valence-corrected chi connectivity index (χ1v) is 10.0. The fraction of sp³-hybridized carbons (Fsp3) is 0.0833. The van der Waals surface area contributed by atoms with Crippen molar-refractivity contribution >= 4 is 28.5 Å². The molecule has 9 nitrogen and oxygen atoms in total. The summed E-state index contributed by atoms with van der Waals surface area (Å²) >= 11 is 0. The van der Waals surface area contributed by atoms with Crippen LogP contribution in [0.15, 0.2) is 93.9 Å². The molecule has 1 aromatic heterocycles. The number of benzene rings is 3. The van der Waals surface area contributed by atoms with Gasteiger partial charge in [0.25, 0.3) is 11.2 Å². The molecule has 0 aliphatic rings. The standard InChI is InChI=1S/C24H19N5O4/c1-17(19-9-3-2-4-10-19)27-33-16-23-26-22-13-6-5-12-21(22)24(30)28(23)25-15-18-8-7-11-20(14-18)29(31)32/h2-15H,16H2,1H3. The molecule has 0 fully saturated rings. The molecule has 0 amide bonds. The van der Waals surface area contributed by atoms with Crippen molar-refractivity contribution in [1.29, 1.82) is 0 Å². The summed E-state index contributed by atoms with van der Waals surface area (Å²) in [6, 6.07) is 22.4. The first kappa shape index (κ1) is 21.6. The van der Waals surface area contributed by atoms with Crippen molar-refractivity contribution in [2.24, 2.45) is 10.3 Å². The van der Waals surface area contributed by atoms with Crippen molar-refractivity contribution in [1.82, 2.24) is 9.66 Å². The van der Waals surface area contributed by atoms with E-state index in [1.54, 1.807) is 36.4 Å². The van der Waals surface area contributed by atoms with Crippen LogP contribution in [0.5, 0.6) is 0 Å². The third-order valence-corrected chi connectivity index (χ3v) is 4.81. The number of fused-ring (bicyclic) bond motifs is 1. The van der Waals surface area contributed by atoms with E-state index >= 15 is 0 Å². The van der Waals surface area contributed by atoms with Gasteiger partial charge in [0.2, 0.25) is 0 Å². The summed E-state index contributed by atoms with van der Waals surface area (Å²) in [7, 11) is 0. The van der Waals surface area contributed by atoms with Gasteiger partial charge >= 0.3 is 0 Å². The number of aromatic nitrogens is 2. The molecular formula is C24H19N5O4. The largest absolute Gasteiger partial charge is 0.387 e. The highest BCUT2D eigenvalue weighted by atomic mass is 16.6. The lowest BCUT2D eigenvalue weighted by molar-refractivity contribution is -0.384. The molecule has 0 saturated heterocycles. The third kappa shape index (κ3) is 4.99. The normalized spacial score (nSPS) is 11.7. The van der Waals surface area contributed by atoms with Gasteiger partial charge in [-0.1, -0.05) is 59.8 Å². The SMILES string of the molecule is CC(=NOCc1nc2ccccc2c(=O)n1N=Cc1cccc([N+](=O)[O-])c1)c1ccccc1. The molecule has 0 bridgehead atoms. The summed E-state index contributed by atoms with van der Waals surface area (Å²) in [4.78, 5) is 33.6. The zero-order valence-corrected chi connectivity index (χ0v) is 17.7. The molecule has 0 atom stereocenters. The number of para-hydroxylation sites is 1. The highest BCUT2D eigenvalue weighted by molar-refractivity contribution is 5.98. The Labute approximate surface area is 188 Å². The zero-order chi connectivity index (χ0) is 23.2. The highest BCUT2D eigenvalue weighted by Crippen LogP contribution is 2.13. The van der Waals surface area contributed by atoms with E-state index in [9.17, 15) is 14.9 Å². The Kier molecular flexibility index (Phi) is 6.31. The van der Waals surface area contributed by atoms with Crippen LogP contribution in [0.2, 0.25) is 0 Å². The molecule has 0 saturated carbocycles. The van der Waals surface area contributed by atoms with Gasteiger partial charge in [0.1, 0.15) is 0 Å². The van der Waals surface area contributed by atoms with Crippen LogP contribution in [0.4, 0.5) is 5.69 Å². The monoisotopic (exact) mass is 441 g/mol. The number of nitrogens with zero attached hydrogens (tertiary/aromatic N) is 5. The van der Waals surface area contributed by atoms with Crippen molar-refractivity contribution in [3.05, 3.63) is 116 Å². The maximum absolute atomic E-state index is 13.1. The Morgan fingerprint density at radius 1 is 1.09 bits per heavy atom. The summed E-state index contributed by atoms with van der Waals surface area (Å²) in [5.41, 5.74) is 2.10. The van der Waals surface area contributed by atoms with Gasteiger partial charge in [-0.3, -0.25) is 14.9 Å². The van der Waals surface area contributed by atoms with E-state index in [4.69, 9.17) is 4.84 Å². The molecule has 0 radical (unpaired) electrons. The second-order valence-electron chi connectivity index (χ2n) is 7.07. The average molecular weight is 441 g/mol. The highest BCUT2D eigenvalue weighted by Gasteiger charge is 2.11. The van der Waals surface area contributed by atoms with Crippen LogP contribution in [0.1, 0.15) is 23.9 Å². The molecule has 0 spiro atoms. The first-order valence-electron chi connectivity index (χ1n) is 10.0. The molecule has 0 aliphatic heterocycles. The Morgan fingerprint density at radius 3 is 2.64 bits per heavy atom. The Hall–Kier alpha value is -4.66. The molecule has 164 valence electrons. The van der Waals surface area contributed by atoms with E-state index in [2.05, 4.69) is 15.2 Å². The van der Waals surface area contributed by atoms with Gasteiger partial charge in [0.05, 0.1) is 27.8 Å². The van der Waals surface area contributed by atoms with Gasteiger partial charge in [-0.2, -0.15) is 9.78 Å². The quantitative estimate of drug-likeness (QED) is 0.243. The minimum Gasteiger partial charge on any atom is -0.387 e. The number of hydrogen-bond donors (Lipinski definition) is 0. The smallest absolute Gasteiger partial charge is 0.282 e. The van der Waals surface area contributed by atoms with Crippen LogP contribution in [-0.4, -0.2) is 26.5 Å². The lowest BCUT2D eigenvalue weighted by Gasteiger charge is -2.09. The van der Waals surface area contributed by atoms with E-state index in [1.165, 1.54) is 18.3 Å². The summed E-state index contributed by atoms with van der Waals surface area (Å²) in [5, 5.41) is 19.8.